The zero-order valence-corrected chi connectivity index (χ0v) is 13.6. The van der Waals surface area contributed by atoms with Gasteiger partial charge in [0.2, 0.25) is 0 Å². The molecule has 1 aliphatic rings. The fraction of sp³-hybridized carbons (Fsp3) is 0.625. The molecular formula is C16H24ClN3O. The monoisotopic (exact) mass is 309 g/mol. The molecule has 2 heterocycles. The molecule has 1 atom stereocenters. The number of halogens is 1. The van der Waals surface area contributed by atoms with Gasteiger partial charge in [0.05, 0.1) is 0 Å². The number of hydrogen-bond donors (Lipinski definition) is 1. The second kappa shape index (κ2) is 7.64. The van der Waals surface area contributed by atoms with Gasteiger partial charge >= 0.3 is 0 Å². The summed E-state index contributed by atoms with van der Waals surface area (Å²) in [5, 5.41) is 3.29. The first-order valence-corrected chi connectivity index (χ1v) is 8.16. The van der Waals surface area contributed by atoms with Crippen molar-refractivity contribution in [2.45, 2.75) is 39.0 Å². The molecule has 0 aliphatic carbocycles. The van der Waals surface area contributed by atoms with Crippen LogP contribution in [0.4, 0.5) is 5.82 Å². The Bertz CT molecular complexity index is 492. The summed E-state index contributed by atoms with van der Waals surface area (Å²) in [6.45, 7) is 3.91. The molecule has 1 aromatic heterocycles. The van der Waals surface area contributed by atoms with Crippen molar-refractivity contribution in [3.63, 3.8) is 0 Å². The SMILES string of the molecule is CCCC1CCCN(C(=O)c2cc(Cl)nc(NC)c2)CC1. The van der Waals surface area contributed by atoms with E-state index in [1.54, 1.807) is 19.2 Å². The number of anilines is 1. The molecule has 1 aromatic rings. The Balaban J connectivity index is 2.07. The third-order valence-corrected chi connectivity index (χ3v) is 4.32. The smallest absolute Gasteiger partial charge is 0.254 e. The number of rotatable bonds is 4. The molecule has 0 spiro atoms. The first-order chi connectivity index (χ1) is 10.1. The van der Waals surface area contributed by atoms with E-state index >= 15 is 0 Å². The highest BCUT2D eigenvalue weighted by Crippen LogP contribution is 2.23. The van der Waals surface area contributed by atoms with Crippen LogP contribution in [0, 0.1) is 5.92 Å². The van der Waals surface area contributed by atoms with Crippen LogP contribution in [0.2, 0.25) is 5.15 Å². The predicted octanol–water partition coefficient (Wildman–Crippen LogP) is 3.82. The molecule has 1 N–H and O–H groups in total. The summed E-state index contributed by atoms with van der Waals surface area (Å²) in [6.07, 6.45) is 5.93. The highest BCUT2D eigenvalue weighted by atomic mass is 35.5. The van der Waals surface area contributed by atoms with Crippen molar-refractivity contribution in [1.82, 2.24) is 9.88 Å². The molecule has 1 saturated heterocycles. The van der Waals surface area contributed by atoms with Crippen LogP contribution in [0.1, 0.15) is 49.4 Å². The molecule has 1 amide bonds. The lowest BCUT2D eigenvalue weighted by atomic mass is 9.96. The maximum Gasteiger partial charge on any atom is 0.254 e. The summed E-state index contributed by atoms with van der Waals surface area (Å²) in [4.78, 5) is 18.7. The topological polar surface area (TPSA) is 45.2 Å². The molecular weight excluding hydrogens is 286 g/mol. The number of likely N-dealkylation sites (tertiary alicyclic amines) is 1. The summed E-state index contributed by atoms with van der Waals surface area (Å²) in [5.41, 5.74) is 0.619. The molecule has 1 unspecified atom stereocenters. The van der Waals surface area contributed by atoms with E-state index in [4.69, 9.17) is 11.6 Å². The van der Waals surface area contributed by atoms with Crippen molar-refractivity contribution in [2.24, 2.45) is 5.92 Å². The van der Waals surface area contributed by atoms with Crippen LogP contribution in [-0.2, 0) is 0 Å². The predicted molar refractivity (Wildman–Crippen MR) is 86.9 cm³/mol. The molecule has 4 nitrogen and oxygen atoms in total. The number of carbonyl (C=O) groups is 1. The summed E-state index contributed by atoms with van der Waals surface area (Å²) in [6, 6.07) is 3.42. The maximum atomic E-state index is 12.6. The lowest BCUT2D eigenvalue weighted by Crippen LogP contribution is -2.32. The van der Waals surface area contributed by atoms with Gasteiger partial charge in [-0.3, -0.25) is 4.79 Å². The van der Waals surface area contributed by atoms with E-state index in [9.17, 15) is 4.79 Å². The standard InChI is InChI=1S/C16H24ClN3O/c1-3-5-12-6-4-8-20(9-7-12)16(21)13-10-14(17)19-15(11-13)18-2/h10-12H,3-9H2,1-2H3,(H,18,19). The second-order valence-electron chi connectivity index (χ2n) is 5.69. The highest BCUT2D eigenvalue weighted by molar-refractivity contribution is 6.29. The molecule has 2 rings (SSSR count). The van der Waals surface area contributed by atoms with Gasteiger partial charge in [-0.15, -0.1) is 0 Å². The maximum absolute atomic E-state index is 12.6. The number of amides is 1. The van der Waals surface area contributed by atoms with Crippen molar-refractivity contribution >= 4 is 23.3 Å². The average molecular weight is 310 g/mol. The lowest BCUT2D eigenvalue weighted by Gasteiger charge is -2.21. The van der Waals surface area contributed by atoms with Gasteiger partial charge in [-0.25, -0.2) is 4.98 Å². The van der Waals surface area contributed by atoms with E-state index in [0.717, 1.165) is 31.8 Å². The van der Waals surface area contributed by atoms with E-state index in [1.807, 2.05) is 4.90 Å². The largest absolute Gasteiger partial charge is 0.373 e. The fourth-order valence-corrected chi connectivity index (χ4v) is 3.21. The van der Waals surface area contributed by atoms with E-state index < -0.39 is 0 Å². The van der Waals surface area contributed by atoms with Crippen molar-refractivity contribution in [3.05, 3.63) is 22.8 Å². The van der Waals surface area contributed by atoms with Gasteiger partial charge in [0.1, 0.15) is 11.0 Å². The van der Waals surface area contributed by atoms with E-state index in [1.165, 1.54) is 19.3 Å². The van der Waals surface area contributed by atoms with Crippen molar-refractivity contribution in [3.8, 4) is 0 Å². The summed E-state index contributed by atoms with van der Waals surface area (Å²) in [5.74, 6) is 1.46. The Kier molecular flexibility index (Phi) is 5.85. The second-order valence-corrected chi connectivity index (χ2v) is 6.08. The van der Waals surface area contributed by atoms with E-state index in [2.05, 4.69) is 17.2 Å². The number of carbonyl (C=O) groups excluding carboxylic acids is 1. The Hall–Kier alpha value is -1.29. The Morgan fingerprint density at radius 3 is 2.95 bits per heavy atom. The Labute approximate surface area is 131 Å². The van der Waals surface area contributed by atoms with Crippen LogP contribution < -0.4 is 5.32 Å². The number of nitrogens with one attached hydrogen (secondary N) is 1. The molecule has 0 radical (unpaired) electrons. The van der Waals surface area contributed by atoms with Gasteiger partial charge in [0.15, 0.2) is 0 Å². The zero-order chi connectivity index (χ0) is 15.2. The molecule has 1 aliphatic heterocycles. The molecule has 21 heavy (non-hydrogen) atoms. The zero-order valence-electron chi connectivity index (χ0n) is 12.9. The van der Waals surface area contributed by atoms with Crippen LogP contribution in [0.25, 0.3) is 0 Å². The third-order valence-electron chi connectivity index (χ3n) is 4.13. The van der Waals surface area contributed by atoms with Gasteiger partial charge in [0.25, 0.3) is 5.91 Å². The Morgan fingerprint density at radius 2 is 2.24 bits per heavy atom. The quantitative estimate of drug-likeness (QED) is 0.860. The minimum absolute atomic E-state index is 0.0629. The van der Waals surface area contributed by atoms with Crippen molar-refractivity contribution in [1.29, 1.82) is 0 Å². The van der Waals surface area contributed by atoms with Gasteiger partial charge in [0, 0.05) is 25.7 Å². The average Bonchev–Trinajstić information content (AvgIpc) is 2.72. The molecule has 5 heteroatoms. The molecule has 0 aromatic carbocycles. The van der Waals surface area contributed by atoms with E-state index in [0.29, 0.717) is 16.5 Å². The van der Waals surface area contributed by atoms with Crippen molar-refractivity contribution in [2.75, 3.05) is 25.5 Å². The number of pyridine rings is 1. The summed E-state index contributed by atoms with van der Waals surface area (Å²) in [7, 11) is 1.77. The molecule has 0 saturated carbocycles. The third kappa shape index (κ3) is 4.34. The first kappa shape index (κ1) is 16.1. The Morgan fingerprint density at radius 1 is 1.43 bits per heavy atom. The number of aromatic nitrogens is 1. The van der Waals surface area contributed by atoms with Gasteiger partial charge in [-0.1, -0.05) is 31.4 Å². The minimum Gasteiger partial charge on any atom is -0.373 e. The van der Waals surface area contributed by atoms with Gasteiger partial charge in [-0.2, -0.15) is 0 Å². The summed E-state index contributed by atoms with van der Waals surface area (Å²) < 4.78 is 0. The number of hydrogen-bond acceptors (Lipinski definition) is 3. The van der Waals surface area contributed by atoms with Crippen molar-refractivity contribution < 1.29 is 4.79 Å². The summed E-state index contributed by atoms with van der Waals surface area (Å²) >= 11 is 5.99. The molecule has 1 fully saturated rings. The first-order valence-electron chi connectivity index (χ1n) is 7.78. The van der Waals surface area contributed by atoms with Gasteiger partial charge in [-0.05, 0) is 37.3 Å². The van der Waals surface area contributed by atoms with Crippen LogP contribution >= 0.6 is 11.6 Å². The van der Waals surface area contributed by atoms with Crippen LogP contribution in [-0.4, -0.2) is 35.9 Å². The van der Waals surface area contributed by atoms with Gasteiger partial charge < -0.3 is 10.2 Å². The molecule has 116 valence electrons. The minimum atomic E-state index is 0.0629. The van der Waals surface area contributed by atoms with E-state index in [-0.39, 0.29) is 5.91 Å². The molecule has 0 bridgehead atoms. The fourth-order valence-electron chi connectivity index (χ4n) is 3.00. The normalized spacial score (nSPS) is 19.2. The lowest BCUT2D eigenvalue weighted by molar-refractivity contribution is 0.0760. The number of nitrogens with zero attached hydrogens (tertiary/aromatic N) is 2. The van der Waals surface area contributed by atoms with Crippen LogP contribution in [0.15, 0.2) is 12.1 Å². The van der Waals surface area contributed by atoms with Crippen LogP contribution in [0.5, 0.6) is 0 Å². The highest BCUT2D eigenvalue weighted by Gasteiger charge is 2.22. The van der Waals surface area contributed by atoms with Crippen LogP contribution in [0.3, 0.4) is 0 Å².